The van der Waals surface area contributed by atoms with Crippen molar-refractivity contribution in [3.63, 3.8) is 0 Å². The fourth-order valence-electron chi connectivity index (χ4n) is 2.26. The summed E-state index contributed by atoms with van der Waals surface area (Å²) in [7, 11) is 0. The van der Waals surface area contributed by atoms with Gasteiger partial charge in [0.15, 0.2) is 0 Å². The molecule has 3 rings (SSSR count). The smallest absolute Gasteiger partial charge is 0.272 e. The first-order chi connectivity index (χ1) is 11.8. The molecule has 1 amide bonds. The standard InChI is InChI=1S/C19H18N4O/c1-2-14-8-10-16(11-9-14)17-12-18(22-21-17)19(24)23-20-13-15-6-4-3-5-7-15/h3-13H,2H2,1H3,(H,21,22)(H,23,24)/b20-13-. The second-order valence-electron chi connectivity index (χ2n) is 5.33. The number of H-pyrrole nitrogens is 1. The van der Waals surface area contributed by atoms with Crippen LogP contribution in [-0.2, 0) is 6.42 Å². The third kappa shape index (κ3) is 3.76. The van der Waals surface area contributed by atoms with Crippen LogP contribution in [-0.4, -0.2) is 22.3 Å². The minimum atomic E-state index is -0.328. The molecule has 5 nitrogen and oxygen atoms in total. The number of amides is 1. The molecule has 5 heteroatoms. The normalized spacial score (nSPS) is 10.9. The molecule has 0 aliphatic rings. The van der Waals surface area contributed by atoms with E-state index in [2.05, 4.69) is 39.8 Å². The predicted octanol–water partition coefficient (Wildman–Crippen LogP) is 3.40. The summed E-state index contributed by atoms with van der Waals surface area (Å²) in [5.74, 6) is -0.328. The zero-order valence-corrected chi connectivity index (χ0v) is 13.4. The van der Waals surface area contributed by atoms with Gasteiger partial charge in [-0.3, -0.25) is 9.89 Å². The van der Waals surface area contributed by atoms with E-state index < -0.39 is 0 Å². The Hall–Kier alpha value is -3.21. The lowest BCUT2D eigenvalue weighted by atomic mass is 10.1. The van der Waals surface area contributed by atoms with Crippen LogP contribution in [0.2, 0.25) is 0 Å². The van der Waals surface area contributed by atoms with Crippen molar-refractivity contribution in [2.75, 3.05) is 0 Å². The highest BCUT2D eigenvalue weighted by Crippen LogP contribution is 2.18. The summed E-state index contributed by atoms with van der Waals surface area (Å²) in [6.07, 6.45) is 2.59. The Morgan fingerprint density at radius 2 is 1.92 bits per heavy atom. The Morgan fingerprint density at radius 1 is 1.17 bits per heavy atom. The molecule has 0 atom stereocenters. The summed E-state index contributed by atoms with van der Waals surface area (Å²) in [6.45, 7) is 2.11. The SMILES string of the molecule is CCc1ccc(-c2cc(C(=O)N/N=C\c3ccccc3)[nH]n2)cc1. The Kier molecular flexibility index (Phi) is 4.81. The van der Waals surface area contributed by atoms with Crippen LogP contribution in [0.15, 0.2) is 65.8 Å². The van der Waals surface area contributed by atoms with Crippen molar-refractivity contribution in [2.24, 2.45) is 5.10 Å². The van der Waals surface area contributed by atoms with E-state index in [4.69, 9.17) is 0 Å². The minimum absolute atomic E-state index is 0.328. The van der Waals surface area contributed by atoms with Crippen molar-refractivity contribution in [1.82, 2.24) is 15.6 Å². The number of carbonyl (C=O) groups is 1. The maximum atomic E-state index is 12.1. The van der Waals surface area contributed by atoms with Gasteiger partial charge in [0.2, 0.25) is 0 Å². The average Bonchev–Trinajstić information content (AvgIpc) is 3.13. The first-order valence-corrected chi connectivity index (χ1v) is 7.79. The molecular weight excluding hydrogens is 300 g/mol. The summed E-state index contributed by atoms with van der Waals surface area (Å²) >= 11 is 0. The molecule has 0 unspecified atom stereocenters. The van der Waals surface area contributed by atoms with Crippen molar-refractivity contribution in [3.05, 3.63) is 77.5 Å². The number of rotatable bonds is 5. The van der Waals surface area contributed by atoms with Gasteiger partial charge in [-0.25, -0.2) is 5.43 Å². The highest BCUT2D eigenvalue weighted by molar-refractivity contribution is 5.94. The number of aromatic amines is 1. The van der Waals surface area contributed by atoms with Crippen LogP contribution in [0.25, 0.3) is 11.3 Å². The first-order valence-electron chi connectivity index (χ1n) is 7.79. The minimum Gasteiger partial charge on any atom is -0.272 e. The molecule has 1 heterocycles. The van der Waals surface area contributed by atoms with Crippen molar-refractivity contribution in [1.29, 1.82) is 0 Å². The van der Waals surface area contributed by atoms with E-state index in [9.17, 15) is 4.79 Å². The molecule has 3 aromatic rings. The van der Waals surface area contributed by atoms with Crippen LogP contribution in [0, 0.1) is 0 Å². The molecule has 0 aliphatic carbocycles. The van der Waals surface area contributed by atoms with Crippen LogP contribution < -0.4 is 5.43 Å². The number of nitrogens with zero attached hydrogens (tertiary/aromatic N) is 2. The van der Waals surface area contributed by atoms with Crippen LogP contribution in [0.5, 0.6) is 0 Å². The maximum absolute atomic E-state index is 12.1. The molecule has 0 spiro atoms. The molecular formula is C19H18N4O. The van der Waals surface area contributed by atoms with E-state index in [0.717, 1.165) is 23.2 Å². The zero-order valence-electron chi connectivity index (χ0n) is 13.4. The summed E-state index contributed by atoms with van der Waals surface area (Å²) < 4.78 is 0. The van der Waals surface area contributed by atoms with Gasteiger partial charge in [0.1, 0.15) is 5.69 Å². The number of hydrazone groups is 1. The van der Waals surface area contributed by atoms with Gasteiger partial charge in [-0.2, -0.15) is 10.2 Å². The molecule has 0 saturated carbocycles. The number of benzene rings is 2. The van der Waals surface area contributed by atoms with Crippen molar-refractivity contribution in [2.45, 2.75) is 13.3 Å². The molecule has 0 aliphatic heterocycles. The third-order valence-electron chi connectivity index (χ3n) is 3.66. The third-order valence-corrected chi connectivity index (χ3v) is 3.66. The van der Waals surface area contributed by atoms with E-state index in [-0.39, 0.29) is 5.91 Å². The van der Waals surface area contributed by atoms with Gasteiger partial charge in [0.25, 0.3) is 5.91 Å². The monoisotopic (exact) mass is 318 g/mol. The summed E-state index contributed by atoms with van der Waals surface area (Å²) in [5, 5.41) is 10.9. The van der Waals surface area contributed by atoms with E-state index >= 15 is 0 Å². The van der Waals surface area contributed by atoms with Crippen LogP contribution in [0.4, 0.5) is 0 Å². The van der Waals surface area contributed by atoms with Crippen LogP contribution in [0.3, 0.4) is 0 Å². The molecule has 1 aromatic heterocycles. The molecule has 24 heavy (non-hydrogen) atoms. The van der Waals surface area contributed by atoms with Gasteiger partial charge in [0.05, 0.1) is 11.9 Å². The lowest BCUT2D eigenvalue weighted by molar-refractivity contribution is 0.0950. The number of nitrogens with one attached hydrogen (secondary N) is 2. The van der Waals surface area contributed by atoms with Gasteiger partial charge in [-0.15, -0.1) is 0 Å². The molecule has 0 bridgehead atoms. The fourth-order valence-corrected chi connectivity index (χ4v) is 2.26. The summed E-state index contributed by atoms with van der Waals surface area (Å²) in [6, 6.07) is 19.4. The molecule has 2 N–H and O–H groups in total. The molecule has 0 saturated heterocycles. The molecule has 2 aromatic carbocycles. The van der Waals surface area contributed by atoms with Gasteiger partial charge in [-0.05, 0) is 23.6 Å². The quantitative estimate of drug-likeness (QED) is 0.559. The summed E-state index contributed by atoms with van der Waals surface area (Å²) in [4.78, 5) is 12.1. The zero-order chi connectivity index (χ0) is 16.8. The lowest BCUT2D eigenvalue weighted by Gasteiger charge is -1.98. The van der Waals surface area contributed by atoms with Gasteiger partial charge >= 0.3 is 0 Å². The molecule has 0 fully saturated rings. The highest BCUT2D eigenvalue weighted by atomic mass is 16.2. The molecule has 120 valence electrons. The number of aromatic nitrogens is 2. The predicted molar refractivity (Wildman–Crippen MR) is 94.9 cm³/mol. The largest absolute Gasteiger partial charge is 0.289 e. The van der Waals surface area contributed by atoms with E-state index in [1.165, 1.54) is 5.56 Å². The number of hydrogen-bond donors (Lipinski definition) is 2. The Labute approximate surface area is 140 Å². The lowest BCUT2D eigenvalue weighted by Crippen LogP contribution is -2.17. The van der Waals surface area contributed by atoms with E-state index in [0.29, 0.717) is 5.69 Å². The second-order valence-corrected chi connectivity index (χ2v) is 5.33. The number of aryl methyl sites for hydroxylation is 1. The fraction of sp³-hybridized carbons (Fsp3) is 0.105. The number of carbonyl (C=O) groups excluding carboxylic acids is 1. The summed E-state index contributed by atoms with van der Waals surface area (Å²) in [5.41, 5.74) is 6.74. The van der Waals surface area contributed by atoms with Crippen molar-refractivity contribution in [3.8, 4) is 11.3 Å². The maximum Gasteiger partial charge on any atom is 0.289 e. The second kappa shape index (κ2) is 7.37. The average molecular weight is 318 g/mol. The number of hydrogen-bond acceptors (Lipinski definition) is 3. The van der Waals surface area contributed by atoms with Gasteiger partial charge < -0.3 is 0 Å². The van der Waals surface area contributed by atoms with Gasteiger partial charge in [0, 0.05) is 5.56 Å². The van der Waals surface area contributed by atoms with E-state index in [1.54, 1.807) is 12.3 Å². The molecule has 0 radical (unpaired) electrons. The van der Waals surface area contributed by atoms with Crippen LogP contribution in [0.1, 0.15) is 28.5 Å². The van der Waals surface area contributed by atoms with Crippen molar-refractivity contribution >= 4 is 12.1 Å². The first kappa shape index (κ1) is 15.7. The Bertz CT molecular complexity index is 835. The van der Waals surface area contributed by atoms with Crippen molar-refractivity contribution < 1.29 is 4.79 Å². The Morgan fingerprint density at radius 3 is 2.62 bits per heavy atom. The van der Waals surface area contributed by atoms with Gasteiger partial charge in [-0.1, -0.05) is 61.5 Å². The van der Waals surface area contributed by atoms with Crippen LogP contribution >= 0.6 is 0 Å². The highest BCUT2D eigenvalue weighted by Gasteiger charge is 2.10. The Balaban J connectivity index is 1.66. The van der Waals surface area contributed by atoms with E-state index in [1.807, 2.05) is 42.5 Å². The topological polar surface area (TPSA) is 70.1 Å².